The van der Waals surface area contributed by atoms with Gasteiger partial charge in [0.25, 0.3) is 0 Å². The summed E-state index contributed by atoms with van der Waals surface area (Å²) < 4.78 is 11.8. The molecular formula is C19H16Cl2N2O5. The number of esters is 1. The van der Waals surface area contributed by atoms with Gasteiger partial charge in [0.15, 0.2) is 0 Å². The zero-order valence-corrected chi connectivity index (χ0v) is 16.5. The number of ether oxygens (including phenoxy) is 2. The summed E-state index contributed by atoms with van der Waals surface area (Å²) in [6, 6.07) is 5.97. The number of methoxy groups -OCH3 is 1. The van der Waals surface area contributed by atoms with E-state index >= 15 is 0 Å². The highest BCUT2D eigenvalue weighted by molar-refractivity contribution is 6.30. The number of pyridine rings is 2. The van der Waals surface area contributed by atoms with Gasteiger partial charge in [0, 0.05) is 22.8 Å². The lowest BCUT2D eigenvalue weighted by atomic mass is 10.1. The minimum absolute atomic E-state index is 0.00271. The van der Waals surface area contributed by atoms with Crippen molar-refractivity contribution in [1.29, 1.82) is 0 Å². The van der Waals surface area contributed by atoms with Gasteiger partial charge in [0.05, 0.1) is 20.3 Å². The first kappa shape index (κ1) is 20.0. The van der Waals surface area contributed by atoms with E-state index in [4.69, 9.17) is 32.7 Å². The van der Waals surface area contributed by atoms with Crippen LogP contribution < -0.4 is 10.2 Å². The molecule has 0 fully saturated rings. The van der Waals surface area contributed by atoms with Crippen LogP contribution in [0, 0.1) is 0 Å². The second-order valence-electron chi connectivity index (χ2n) is 5.84. The van der Waals surface area contributed by atoms with Crippen molar-refractivity contribution in [2.24, 2.45) is 0 Å². The highest BCUT2D eigenvalue weighted by atomic mass is 35.5. The quantitative estimate of drug-likeness (QED) is 0.498. The first-order valence-electron chi connectivity index (χ1n) is 8.27. The molecule has 1 aromatic carbocycles. The van der Waals surface area contributed by atoms with E-state index in [1.54, 1.807) is 19.1 Å². The van der Waals surface area contributed by atoms with Gasteiger partial charge in [-0.05, 0) is 25.1 Å². The molecule has 2 heterocycles. The van der Waals surface area contributed by atoms with Gasteiger partial charge in [-0.2, -0.15) is 0 Å². The summed E-state index contributed by atoms with van der Waals surface area (Å²) in [5.41, 5.74) is -0.103. The van der Waals surface area contributed by atoms with Gasteiger partial charge >= 0.3 is 5.97 Å². The van der Waals surface area contributed by atoms with Crippen molar-refractivity contribution in [1.82, 2.24) is 9.55 Å². The second kappa shape index (κ2) is 8.08. The Morgan fingerprint density at radius 3 is 2.71 bits per heavy atom. The van der Waals surface area contributed by atoms with E-state index in [0.717, 1.165) is 0 Å². The number of carbonyl (C=O) groups excluding carboxylic acids is 1. The summed E-state index contributed by atoms with van der Waals surface area (Å²) in [4.78, 5) is 29.4. The Morgan fingerprint density at radius 2 is 2.04 bits per heavy atom. The number of benzene rings is 1. The Bertz CT molecular complexity index is 1130. The molecule has 28 heavy (non-hydrogen) atoms. The van der Waals surface area contributed by atoms with E-state index in [9.17, 15) is 14.7 Å². The number of phenolic OH excluding ortho intramolecular Hbond substituents is 1. The third-order valence-corrected chi connectivity index (χ3v) is 4.49. The summed E-state index contributed by atoms with van der Waals surface area (Å²) in [7, 11) is 1.38. The van der Waals surface area contributed by atoms with E-state index in [-0.39, 0.29) is 46.4 Å². The SMILES string of the molecule is CCOC(=O)c1cn(Cc2cc(Cl)ccc2O)c2nc(Cl)cc(OC)c2c1=O. The van der Waals surface area contributed by atoms with Gasteiger partial charge in [-0.15, -0.1) is 0 Å². The van der Waals surface area contributed by atoms with Crippen LogP contribution >= 0.6 is 23.2 Å². The van der Waals surface area contributed by atoms with Crippen LogP contribution in [0.1, 0.15) is 22.8 Å². The number of hydrogen-bond acceptors (Lipinski definition) is 6. The van der Waals surface area contributed by atoms with Crippen molar-refractivity contribution in [2.45, 2.75) is 13.5 Å². The first-order valence-corrected chi connectivity index (χ1v) is 9.03. The Morgan fingerprint density at radius 1 is 1.29 bits per heavy atom. The first-order chi connectivity index (χ1) is 13.3. The van der Waals surface area contributed by atoms with E-state index < -0.39 is 11.4 Å². The molecule has 0 amide bonds. The molecule has 0 saturated heterocycles. The minimum Gasteiger partial charge on any atom is -0.508 e. The topological polar surface area (TPSA) is 90.7 Å². The molecule has 0 atom stereocenters. The maximum atomic E-state index is 12.9. The normalized spacial score (nSPS) is 10.9. The molecule has 0 unspecified atom stereocenters. The average molecular weight is 423 g/mol. The van der Waals surface area contributed by atoms with Gasteiger partial charge < -0.3 is 19.1 Å². The molecule has 0 radical (unpaired) electrons. The van der Waals surface area contributed by atoms with E-state index in [1.165, 1.54) is 30.0 Å². The number of aromatic nitrogens is 2. The third kappa shape index (κ3) is 3.76. The fraction of sp³-hybridized carbons (Fsp3) is 0.211. The fourth-order valence-electron chi connectivity index (χ4n) is 2.81. The summed E-state index contributed by atoms with van der Waals surface area (Å²) in [6.45, 7) is 1.83. The number of fused-ring (bicyclic) bond motifs is 1. The zero-order chi connectivity index (χ0) is 20.4. The number of carbonyl (C=O) groups is 1. The average Bonchev–Trinajstić information content (AvgIpc) is 2.66. The Labute approximate surface area is 170 Å². The smallest absolute Gasteiger partial charge is 0.343 e. The molecule has 0 spiro atoms. The number of aromatic hydroxyl groups is 1. The zero-order valence-electron chi connectivity index (χ0n) is 15.0. The van der Waals surface area contributed by atoms with Gasteiger partial charge in [0.1, 0.15) is 33.2 Å². The van der Waals surface area contributed by atoms with Crippen LogP contribution in [-0.4, -0.2) is 34.3 Å². The van der Waals surface area contributed by atoms with Crippen molar-refractivity contribution in [3.8, 4) is 11.5 Å². The maximum absolute atomic E-state index is 12.9. The summed E-state index contributed by atoms with van der Waals surface area (Å²) in [5, 5.41) is 10.8. The van der Waals surface area contributed by atoms with Gasteiger partial charge in [-0.3, -0.25) is 4.79 Å². The summed E-state index contributed by atoms with van der Waals surface area (Å²) in [5.74, 6) is -0.589. The van der Waals surface area contributed by atoms with Crippen molar-refractivity contribution >= 4 is 40.2 Å². The number of nitrogens with zero attached hydrogens (tertiary/aromatic N) is 2. The second-order valence-corrected chi connectivity index (χ2v) is 6.66. The largest absolute Gasteiger partial charge is 0.508 e. The lowest BCUT2D eigenvalue weighted by molar-refractivity contribution is 0.0524. The minimum atomic E-state index is -0.768. The molecule has 2 aromatic heterocycles. The molecule has 0 aliphatic carbocycles. The molecule has 0 aliphatic rings. The molecular weight excluding hydrogens is 407 g/mol. The van der Waals surface area contributed by atoms with Crippen LogP contribution in [0.2, 0.25) is 10.2 Å². The fourth-order valence-corrected chi connectivity index (χ4v) is 3.19. The molecule has 7 nitrogen and oxygen atoms in total. The standard InChI is InChI=1S/C19H16Cl2N2O5/c1-3-28-19(26)12-9-23(8-10-6-11(20)4-5-13(10)24)18-16(17(12)25)14(27-2)7-15(21)22-18/h4-7,9,24H,3,8H2,1-2H3. The molecule has 3 aromatic rings. The predicted molar refractivity (Wildman–Crippen MR) is 106 cm³/mol. The molecule has 1 N–H and O–H groups in total. The van der Waals surface area contributed by atoms with Crippen molar-refractivity contribution < 1.29 is 19.4 Å². The van der Waals surface area contributed by atoms with Gasteiger partial charge in [0.2, 0.25) is 5.43 Å². The van der Waals surface area contributed by atoms with Crippen LogP contribution in [-0.2, 0) is 11.3 Å². The van der Waals surface area contributed by atoms with Crippen LogP contribution in [0.3, 0.4) is 0 Å². The highest BCUT2D eigenvalue weighted by Gasteiger charge is 2.21. The van der Waals surface area contributed by atoms with Crippen molar-refractivity contribution in [3.05, 3.63) is 62.0 Å². The molecule has 9 heteroatoms. The highest BCUT2D eigenvalue weighted by Crippen LogP contribution is 2.28. The number of halogens is 2. The van der Waals surface area contributed by atoms with Crippen molar-refractivity contribution in [2.75, 3.05) is 13.7 Å². The van der Waals surface area contributed by atoms with Crippen LogP contribution in [0.4, 0.5) is 0 Å². The van der Waals surface area contributed by atoms with E-state index in [2.05, 4.69) is 4.98 Å². The monoisotopic (exact) mass is 422 g/mol. The summed E-state index contributed by atoms with van der Waals surface area (Å²) >= 11 is 12.1. The maximum Gasteiger partial charge on any atom is 0.343 e. The van der Waals surface area contributed by atoms with Crippen molar-refractivity contribution in [3.63, 3.8) is 0 Å². The molecule has 146 valence electrons. The lowest BCUT2D eigenvalue weighted by Gasteiger charge is -2.15. The van der Waals surface area contributed by atoms with E-state index in [1.807, 2.05) is 0 Å². The molecule has 0 saturated carbocycles. The number of rotatable bonds is 5. The Hall–Kier alpha value is -2.77. The lowest BCUT2D eigenvalue weighted by Crippen LogP contribution is -2.22. The Balaban J connectivity index is 2.32. The number of hydrogen-bond donors (Lipinski definition) is 1. The molecule has 0 aliphatic heterocycles. The third-order valence-electron chi connectivity index (χ3n) is 4.06. The van der Waals surface area contributed by atoms with Crippen LogP contribution in [0.5, 0.6) is 11.5 Å². The molecule has 3 rings (SSSR count). The van der Waals surface area contributed by atoms with E-state index in [0.29, 0.717) is 10.6 Å². The van der Waals surface area contributed by atoms with Crippen LogP contribution in [0.25, 0.3) is 11.0 Å². The molecule has 0 bridgehead atoms. The van der Waals surface area contributed by atoms with Gasteiger partial charge in [-0.1, -0.05) is 23.2 Å². The Kier molecular flexibility index (Phi) is 5.76. The predicted octanol–water partition coefficient (Wildman–Crippen LogP) is 3.64. The number of phenols is 1. The summed E-state index contributed by atoms with van der Waals surface area (Å²) in [6.07, 6.45) is 1.33. The van der Waals surface area contributed by atoms with Gasteiger partial charge in [-0.25, -0.2) is 9.78 Å². The van der Waals surface area contributed by atoms with Crippen LogP contribution in [0.15, 0.2) is 35.3 Å².